The number of pyridine rings is 1. The average molecular weight is 266 g/mol. The fourth-order valence-corrected chi connectivity index (χ4v) is 2.42. The number of aromatic nitrogens is 1. The molecule has 2 rings (SSSR count). The summed E-state index contributed by atoms with van der Waals surface area (Å²) < 4.78 is 5.78. The minimum Gasteiger partial charge on any atom is -0.394 e. The molecule has 5 nitrogen and oxygen atoms in total. The van der Waals surface area contributed by atoms with Crippen LogP contribution in [0.15, 0.2) is 18.3 Å². The van der Waals surface area contributed by atoms with E-state index >= 15 is 0 Å². The van der Waals surface area contributed by atoms with E-state index in [4.69, 9.17) is 4.74 Å². The summed E-state index contributed by atoms with van der Waals surface area (Å²) in [6, 6.07) is 3.78. The number of hydrogen-bond donors (Lipinski definition) is 2. The molecule has 0 aromatic carbocycles. The summed E-state index contributed by atoms with van der Waals surface area (Å²) in [4.78, 5) is 6.41. The molecule has 0 aliphatic carbocycles. The summed E-state index contributed by atoms with van der Waals surface area (Å²) in [5.41, 5.74) is 1.35. The van der Waals surface area contributed by atoms with Crippen molar-refractivity contribution in [2.45, 2.75) is 38.6 Å². The quantitative estimate of drug-likeness (QED) is 0.858. The Morgan fingerprint density at radius 3 is 2.79 bits per heavy atom. The van der Waals surface area contributed by atoms with Gasteiger partial charge in [-0.25, -0.2) is 0 Å². The average Bonchev–Trinajstić information content (AvgIpc) is 2.37. The molecule has 2 N–H and O–H groups in total. The smallest absolute Gasteiger partial charge is 0.0988 e. The molecule has 1 aliphatic rings. The van der Waals surface area contributed by atoms with Crippen molar-refractivity contribution >= 4 is 5.69 Å². The summed E-state index contributed by atoms with van der Waals surface area (Å²) in [5, 5.41) is 18.8. The van der Waals surface area contributed by atoms with E-state index in [1.165, 1.54) is 0 Å². The number of ether oxygens (including phenoxy) is 1. The van der Waals surface area contributed by atoms with Crippen LogP contribution >= 0.6 is 0 Å². The molecule has 0 radical (unpaired) electrons. The lowest BCUT2D eigenvalue weighted by atomic mass is 10.0. The second-order valence-electron chi connectivity index (χ2n) is 5.68. The predicted molar refractivity (Wildman–Crippen MR) is 73.1 cm³/mol. The summed E-state index contributed by atoms with van der Waals surface area (Å²) in [6.07, 6.45) is 1.03. The van der Waals surface area contributed by atoms with Crippen LogP contribution in [0.4, 0.5) is 5.69 Å². The third-order valence-electron chi connectivity index (χ3n) is 3.25. The van der Waals surface area contributed by atoms with E-state index in [-0.39, 0.29) is 18.3 Å². The fourth-order valence-electron chi connectivity index (χ4n) is 2.42. The van der Waals surface area contributed by atoms with Gasteiger partial charge in [-0.15, -0.1) is 0 Å². The zero-order valence-corrected chi connectivity index (χ0v) is 11.7. The SMILES string of the molecule is C[C@@H](O)c1ccc(N2CC(CO)OC(C)(C)C2)cn1. The van der Waals surface area contributed by atoms with E-state index in [0.29, 0.717) is 12.2 Å². The predicted octanol–water partition coefficient (Wildman–Crippen LogP) is 1.11. The highest BCUT2D eigenvalue weighted by molar-refractivity contribution is 5.46. The molecular weight excluding hydrogens is 244 g/mol. The molecule has 0 bridgehead atoms. The van der Waals surface area contributed by atoms with E-state index in [1.54, 1.807) is 13.1 Å². The van der Waals surface area contributed by atoms with Crippen molar-refractivity contribution in [1.29, 1.82) is 0 Å². The number of nitrogens with zero attached hydrogens (tertiary/aromatic N) is 2. The molecule has 2 atom stereocenters. The Kier molecular flexibility index (Phi) is 4.08. The van der Waals surface area contributed by atoms with Crippen molar-refractivity contribution in [2.24, 2.45) is 0 Å². The molecule has 2 heterocycles. The molecule has 1 fully saturated rings. The van der Waals surface area contributed by atoms with Gasteiger partial charge in [-0.1, -0.05) is 0 Å². The van der Waals surface area contributed by atoms with Crippen molar-refractivity contribution < 1.29 is 14.9 Å². The van der Waals surface area contributed by atoms with Crippen LogP contribution in [0.5, 0.6) is 0 Å². The third-order valence-corrected chi connectivity index (χ3v) is 3.25. The normalized spacial score (nSPS) is 24.3. The van der Waals surface area contributed by atoms with Crippen molar-refractivity contribution in [1.82, 2.24) is 4.98 Å². The summed E-state index contributed by atoms with van der Waals surface area (Å²) >= 11 is 0. The molecule has 0 saturated carbocycles. The Hall–Kier alpha value is -1.17. The number of rotatable bonds is 3. The van der Waals surface area contributed by atoms with Crippen LogP contribution < -0.4 is 4.90 Å². The summed E-state index contributed by atoms with van der Waals surface area (Å²) in [5.74, 6) is 0. The Bertz CT molecular complexity index is 417. The second kappa shape index (κ2) is 5.45. The second-order valence-corrected chi connectivity index (χ2v) is 5.68. The monoisotopic (exact) mass is 266 g/mol. The standard InChI is InChI=1S/C14H22N2O3/c1-10(18)13-5-4-11(6-15-13)16-7-12(8-17)19-14(2,3)9-16/h4-6,10,12,17-18H,7-9H2,1-3H3/t10-,12?/m1/s1. The number of aliphatic hydroxyl groups excluding tert-OH is 2. The zero-order valence-electron chi connectivity index (χ0n) is 11.7. The van der Waals surface area contributed by atoms with E-state index in [2.05, 4.69) is 9.88 Å². The Balaban J connectivity index is 2.16. The number of anilines is 1. The molecule has 106 valence electrons. The lowest BCUT2D eigenvalue weighted by molar-refractivity contribution is -0.101. The maximum atomic E-state index is 9.46. The van der Waals surface area contributed by atoms with Gasteiger partial charge in [-0.05, 0) is 32.9 Å². The van der Waals surface area contributed by atoms with Crippen molar-refractivity contribution in [2.75, 3.05) is 24.6 Å². The maximum Gasteiger partial charge on any atom is 0.0988 e. The van der Waals surface area contributed by atoms with Gasteiger partial charge in [0.15, 0.2) is 0 Å². The Morgan fingerprint density at radius 2 is 2.26 bits per heavy atom. The van der Waals surface area contributed by atoms with Crippen LogP contribution in [0.2, 0.25) is 0 Å². The topological polar surface area (TPSA) is 65.8 Å². The summed E-state index contributed by atoms with van der Waals surface area (Å²) in [7, 11) is 0. The first kappa shape index (κ1) is 14.2. The van der Waals surface area contributed by atoms with Gasteiger partial charge in [-0.2, -0.15) is 0 Å². The van der Waals surface area contributed by atoms with E-state index in [1.807, 2.05) is 26.0 Å². The molecule has 1 aromatic rings. The van der Waals surface area contributed by atoms with Gasteiger partial charge >= 0.3 is 0 Å². The molecule has 19 heavy (non-hydrogen) atoms. The first-order valence-electron chi connectivity index (χ1n) is 6.59. The van der Waals surface area contributed by atoms with E-state index < -0.39 is 6.10 Å². The third kappa shape index (κ3) is 3.43. The number of aliphatic hydroxyl groups is 2. The van der Waals surface area contributed by atoms with E-state index in [0.717, 1.165) is 12.2 Å². The van der Waals surface area contributed by atoms with Crippen LogP contribution in [-0.2, 0) is 4.74 Å². The lowest BCUT2D eigenvalue weighted by Gasteiger charge is -2.43. The minimum atomic E-state index is -0.555. The van der Waals surface area contributed by atoms with Gasteiger partial charge in [0.05, 0.1) is 42.0 Å². The van der Waals surface area contributed by atoms with Crippen molar-refractivity contribution in [3.8, 4) is 0 Å². The van der Waals surface area contributed by atoms with Gasteiger partial charge in [0, 0.05) is 13.1 Å². The van der Waals surface area contributed by atoms with E-state index in [9.17, 15) is 10.2 Å². The molecule has 1 saturated heterocycles. The molecule has 5 heteroatoms. The van der Waals surface area contributed by atoms with Crippen LogP contribution in [0.25, 0.3) is 0 Å². The Labute approximate surface area is 113 Å². The first-order chi connectivity index (χ1) is 8.91. The van der Waals surface area contributed by atoms with Gasteiger partial charge in [-0.3, -0.25) is 4.98 Å². The fraction of sp³-hybridized carbons (Fsp3) is 0.643. The van der Waals surface area contributed by atoms with Gasteiger partial charge in [0.1, 0.15) is 0 Å². The minimum absolute atomic E-state index is 0.0130. The highest BCUT2D eigenvalue weighted by atomic mass is 16.5. The first-order valence-corrected chi connectivity index (χ1v) is 6.59. The zero-order chi connectivity index (χ0) is 14.0. The molecular formula is C14H22N2O3. The van der Waals surface area contributed by atoms with Crippen LogP contribution in [-0.4, -0.2) is 46.6 Å². The molecule has 0 spiro atoms. The van der Waals surface area contributed by atoms with Crippen LogP contribution in [0.1, 0.15) is 32.6 Å². The molecule has 1 aliphatic heterocycles. The molecule has 1 aromatic heterocycles. The number of morpholine rings is 1. The lowest BCUT2D eigenvalue weighted by Crippen LogP contribution is -2.54. The maximum absolute atomic E-state index is 9.46. The summed E-state index contributed by atoms with van der Waals surface area (Å²) in [6.45, 7) is 7.13. The highest BCUT2D eigenvalue weighted by Gasteiger charge is 2.33. The molecule has 0 amide bonds. The van der Waals surface area contributed by atoms with Crippen LogP contribution in [0.3, 0.4) is 0 Å². The van der Waals surface area contributed by atoms with Gasteiger partial charge < -0.3 is 19.8 Å². The van der Waals surface area contributed by atoms with Crippen LogP contribution in [0, 0.1) is 0 Å². The largest absolute Gasteiger partial charge is 0.394 e. The Morgan fingerprint density at radius 1 is 1.53 bits per heavy atom. The van der Waals surface area contributed by atoms with Gasteiger partial charge in [0.2, 0.25) is 0 Å². The number of hydrogen-bond acceptors (Lipinski definition) is 5. The van der Waals surface area contributed by atoms with Gasteiger partial charge in [0.25, 0.3) is 0 Å². The molecule has 1 unspecified atom stereocenters. The van der Waals surface area contributed by atoms with Crippen molar-refractivity contribution in [3.05, 3.63) is 24.0 Å². The highest BCUT2D eigenvalue weighted by Crippen LogP contribution is 2.26. The van der Waals surface area contributed by atoms with Crippen molar-refractivity contribution in [3.63, 3.8) is 0 Å².